The second kappa shape index (κ2) is 5.78. The number of nitrogens with zero attached hydrogens (tertiary/aromatic N) is 2. The molecule has 116 valence electrons. The third-order valence-electron chi connectivity index (χ3n) is 3.73. The van der Waals surface area contributed by atoms with Gasteiger partial charge in [-0.15, -0.1) is 0 Å². The van der Waals surface area contributed by atoms with Gasteiger partial charge in [-0.1, -0.05) is 0 Å². The summed E-state index contributed by atoms with van der Waals surface area (Å²) >= 11 is 0. The molecule has 1 heterocycles. The van der Waals surface area contributed by atoms with Gasteiger partial charge in [-0.25, -0.2) is 0 Å². The van der Waals surface area contributed by atoms with Gasteiger partial charge in [-0.2, -0.15) is 10.3 Å². The number of nitriles is 1. The van der Waals surface area contributed by atoms with Crippen LogP contribution in [0.2, 0.25) is 0 Å². The molecule has 1 aliphatic heterocycles. The standard InChI is InChI=1S/C16H19N3O3/c1-9(20)11-5-6-13-12(7-11)14(19-10(2)18-8-17)15(21)16(3,4)22-13/h5-7,14-15,21H,1-4H3,(H,18,19). The van der Waals surface area contributed by atoms with Gasteiger partial charge in [0.1, 0.15) is 23.3 Å². The smallest absolute Gasteiger partial charge is 0.207 e. The fraction of sp³-hybridized carbons (Fsp3) is 0.438. The van der Waals surface area contributed by atoms with Crippen LogP contribution in [0, 0.1) is 11.5 Å². The maximum atomic E-state index is 11.6. The van der Waals surface area contributed by atoms with Crippen molar-refractivity contribution in [3.05, 3.63) is 29.3 Å². The largest absolute Gasteiger partial charge is 0.485 e. The lowest BCUT2D eigenvalue weighted by Crippen LogP contribution is -2.53. The lowest BCUT2D eigenvalue weighted by atomic mass is 9.85. The third-order valence-corrected chi connectivity index (χ3v) is 3.73. The van der Waals surface area contributed by atoms with Crippen molar-refractivity contribution in [3.8, 4) is 11.9 Å². The van der Waals surface area contributed by atoms with Crippen LogP contribution in [0.4, 0.5) is 0 Å². The van der Waals surface area contributed by atoms with E-state index in [2.05, 4.69) is 10.3 Å². The van der Waals surface area contributed by atoms with Crippen molar-refractivity contribution in [3.63, 3.8) is 0 Å². The van der Waals surface area contributed by atoms with E-state index in [4.69, 9.17) is 10.00 Å². The molecule has 0 saturated heterocycles. The fourth-order valence-electron chi connectivity index (χ4n) is 2.51. The summed E-state index contributed by atoms with van der Waals surface area (Å²) in [5.74, 6) is 0.925. The lowest BCUT2D eigenvalue weighted by molar-refractivity contribution is -0.0610. The summed E-state index contributed by atoms with van der Waals surface area (Å²) in [6.45, 7) is 6.69. The summed E-state index contributed by atoms with van der Waals surface area (Å²) in [5, 5.41) is 22.3. The first kappa shape index (κ1) is 16.0. The Balaban J connectivity index is 2.51. The quantitative estimate of drug-likeness (QED) is 0.377. The molecule has 2 unspecified atom stereocenters. The van der Waals surface area contributed by atoms with E-state index in [0.29, 0.717) is 22.7 Å². The SMILES string of the molecule is CC(=O)c1ccc2c(c1)C(N/C(C)=N\C#N)C(O)C(C)(C)O2. The predicted octanol–water partition coefficient (Wildman–Crippen LogP) is 1.95. The molecule has 6 nitrogen and oxygen atoms in total. The summed E-state index contributed by atoms with van der Waals surface area (Å²) < 4.78 is 5.83. The average molecular weight is 301 g/mol. The molecule has 0 aliphatic carbocycles. The summed E-state index contributed by atoms with van der Waals surface area (Å²) in [4.78, 5) is 15.2. The number of carbonyl (C=O) groups is 1. The summed E-state index contributed by atoms with van der Waals surface area (Å²) in [7, 11) is 0. The number of amidine groups is 1. The van der Waals surface area contributed by atoms with Crippen LogP contribution in [0.25, 0.3) is 0 Å². The van der Waals surface area contributed by atoms with Crippen LogP contribution in [0.5, 0.6) is 5.75 Å². The number of hydrogen-bond donors (Lipinski definition) is 2. The Hall–Kier alpha value is -2.39. The monoisotopic (exact) mass is 301 g/mol. The van der Waals surface area contributed by atoms with Crippen molar-refractivity contribution in [2.45, 2.75) is 45.4 Å². The molecular formula is C16H19N3O3. The van der Waals surface area contributed by atoms with E-state index in [1.807, 2.05) is 0 Å². The van der Waals surface area contributed by atoms with E-state index >= 15 is 0 Å². The number of Topliss-reactive ketones (excluding diaryl/α,β-unsaturated/α-hetero) is 1. The fourth-order valence-corrected chi connectivity index (χ4v) is 2.51. The number of carbonyl (C=O) groups excluding carboxylic acids is 1. The third kappa shape index (κ3) is 2.95. The van der Waals surface area contributed by atoms with Gasteiger partial charge in [0.2, 0.25) is 6.19 Å². The molecule has 2 N–H and O–H groups in total. The maximum Gasteiger partial charge on any atom is 0.207 e. The molecule has 6 heteroatoms. The van der Waals surface area contributed by atoms with E-state index in [1.165, 1.54) is 6.92 Å². The molecule has 0 fully saturated rings. The number of fused-ring (bicyclic) bond motifs is 1. The van der Waals surface area contributed by atoms with Crippen molar-refractivity contribution in [2.75, 3.05) is 0 Å². The van der Waals surface area contributed by atoms with Crippen LogP contribution in [-0.2, 0) is 0 Å². The van der Waals surface area contributed by atoms with Gasteiger partial charge in [-0.3, -0.25) is 4.79 Å². The summed E-state index contributed by atoms with van der Waals surface area (Å²) in [6, 6.07) is 4.61. The lowest BCUT2D eigenvalue weighted by Gasteiger charge is -2.42. The predicted molar refractivity (Wildman–Crippen MR) is 81.8 cm³/mol. The molecule has 0 radical (unpaired) electrons. The second-order valence-electron chi connectivity index (χ2n) is 5.88. The summed E-state index contributed by atoms with van der Waals surface area (Å²) in [6.07, 6.45) is 0.835. The van der Waals surface area contributed by atoms with Crippen molar-refractivity contribution < 1.29 is 14.6 Å². The van der Waals surface area contributed by atoms with Gasteiger partial charge < -0.3 is 15.2 Å². The molecule has 0 bridgehead atoms. The van der Waals surface area contributed by atoms with Crippen LogP contribution in [0.1, 0.15) is 49.7 Å². The minimum Gasteiger partial charge on any atom is -0.485 e. The van der Waals surface area contributed by atoms with Crippen molar-refractivity contribution in [1.82, 2.24) is 5.32 Å². The molecule has 0 saturated carbocycles. The Labute approximate surface area is 129 Å². The highest BCUT2D eigenvalue weighted by Crippen LogP contribution is 2.40. The topological polar surface area (TPSA) is 94.7 Å². The van der Waals surface area contributed by atoms with Crippen LogP contribution < -0.4 is 10.1 Å². The second-order valence-corrected chi connectivity index (χ2v) is 5.88. The van der Waals surface area contributed by atoms with Crippen LogP contribution in [0.3, 0.4) is 0 Å². The van der Waals surface area contributed by atoms with E-state index in [9.17, 15) is 9.90 Å². The van der Waals surface area contributed by atoms with Gasteiger partial charge in [-0.05, 0) is 45.9 Å². The Morgan fingerprint density at radius 2 is 2.14 bits per heavy atom. The highest BCUT2D eigenvalue weighted by molar-refractivity contribution is 5.94. The number of nitrogens with one attached hydrogen (secondary N) is 1. The average Bonchev–Trinajstić information content (AvgIpc) is 2.43. The number of aliphatic hydroxyl groups excluding tert-OH is 1. The Morgan fingerprint density at radius 1 is 1.45 bits per heavy atom. The van der Waals surface area contributed by atoms with Crippen LogP contribution in [-0.4, -0.2) is 28.4 Å². The summed E-state index contributed by atoms with van der Waals surface area (Å²) in [5.41, 5.74) is 0.401. The van der Waals surface area contributed by atoms with E-state index in [-0.39, 0.29) is 5.78 Å². The van der Waals surface area contributed by atoms with Crippen LogP contribution >= 0.6 is 0 Å². The number of ether oxygens (including phenoxy) is 1. The van der Waals surface area contributed by atoms with Gasteiger partial charge in [0.25, 0.3) is 0 Å². The zero-order valence-corrected chi connectivity index (χ0v) is 13.0. The first-order valence-electron chi connectivity index (χ1n) is 6.98. The number of hydrogen-bond acceptors (Lipinski definition) is 5. The first-order valence-corrected chi connectivity index (χ1v) is 6.98. The van der Waals surface area contributed by atoms with Gasteiger partial charge in [0, 0.05) is 11.1 Å². The number of aliphatic hydroxyl groups is 1. The van der Waals surface area contributed by atoms with Crippen molar-refractivity contribution in [1.29, 1.82) is 5.26 Å². The van der Waals surface area contributed by atoms with Crippen molar-refractivity contribution >= 4 is 11.6 Å². The highest BCUT2D eigenvalue weighted by atomic mass is 16.5. The molecule has 1 aromatic rings. The molecule has 2 rings (SSSR count). The molecule has 1 aromatic carbocycles. The molecule has 0 aromatic heterocycles. The molecule has 0 spiro atoms. The Morgan fingerprint density at radius 3 is 2.73 bits per heavy atom. The van der Waals surface area contributed by atoms with E-state index < -0.39 is 17.7 Å². The van der Waals surface area contributed by atoms with Gasteiger partial charge >= 0.3 is 0 Å². The normalized spacial score (nSPS) is 23.0. The van der Waals surface area contributed by atoms with Gasteiger partial charge in [0.15, 0.2) is 5.78 Å². The molecule has 2 atom stereocenters. The minimum absolute atomic E-state index is 0.0664. The number of aliphatic imine (C=N–C) groups is 1. The molecule has 1 aliphatic rings. The first-order chi connectivity index (χ1) is 10.3. The van der Waals surface area contributed by atoms with Crippen LogP contribution in [0.15, 0.2) is 23.2 Å². The van der Waals surface area contributed by atoms with E-state index in [1.54, 1.807) is 45.2 Å². The molecule has 22 heavy (non-hydrogen) atoms. The highest BCUT2D eigenvalue weighted by Gasteiger charge is 2.43. The Kier molecular flexibility index (Phi) is 4.20. The molecule has 0 amide bonds. The van der Waals surface area contributed by atoms with E-state index in [0.717, 1.165) is 0 Å². The van der Waals surface area contributed by atoms with Crippen molar-refractivity contribution in [2.24, 2.45) is 4.99 Å². The minimum atomic E-state index is -0.869. The Bertz CT molecular complexity index is 674. The molecular weight excluding hydrogens is 282 g/mol. The zero-order valence-electron chi connectivity index (χ0n) is 13.0. The number of ketones is 1. The number of benzene rings is 1. The maximum absolute atomic E-state index is 11.6. The van der Waals surface area contributed by atoms with Gasteiger partial charge in [0.05, 0.1) is 6.04 Å². The number of rotatable bonds is 2. The zero-order chi connectivity index (χ0) is 16.5.